The molecule has 0 aromatic rings. The van der Waals surface area contributed by atoms with Crippen LogP contribution in [0, 0.1) is 0 Å². The fourth-order valence-corrected chi connectivity index (χ4v) is 1.73. The Hall–Kier alpha value is 0.177. The lowest BCUT2D eigenvalue weighted by molar-refractivity contribution is 0.281. The van der Waals surface area contributed by atoms with Crippen LogP contribution in [0.2, 0.25) is 18.1 Å². The zero-order valence-electron chi connectivity index (χ0n) is 10.2. The Morgan fingerprint density at radius 2 is 1.92 bits per heavy atom. The van der Waals surface area contributed by atoms with Crippen LogP contribution in [0.25, 0.3) is 0 Å². The van der Waals surface area contributed by atoms with Crippen LogP contribution in [0.3, 0.4) is 0 Å². The van der Waals surface area contributed by atoms with Crippen molar-refractivity contribution >= 4 is 8.32 Å². The summed E-state index contributed by atoms with van der Waals surface area (Å²) in [6.07, 6.45) is 2.00. The van der Waals surface area contributed by atoms with E-state index < -0.39 is 8.32 Å². The highest BCUT2D eigenvalue weighted by atomic mass is 28.4. The summed E-state index contributed by atoms with van der Waals surface area (Å²) in [4.78, 5) is 0. The Balaban J connectivity index is 3.77. The molecule has 0 atom stereocenters. The first-order valence-electron chi connectivity index (χ1n) is 5.45. The molecule has 12 heavy (non-hydrogen) atoms. The molecule has 0 bridgehead atoms. The van der Waals surface area contributed by atoms with Gasteiger partial charge in [-0.25, -0.2) is 0 Å². The normalized spacial score (nSPS) is 14.6. The van der Waals surface area contributed by atoms with Gasteiger partial charge in [-0.2, -0.15) is 0 Å². The van der Waals surface area contributed by atoms with Crippen LogP contribution in [-0.4, -0.2) is 14.9 Å². The van der Waals surface area contributed by atoms with E-state index in [1.165, 1.54) is 0 Å². The zero-order valence-corrected chi connectivity index (χ0v) is 10.2. The van der Waals surface area contributed by atoms with Crippen LogP contribution in [0.15, 0.2) is 0 Å². The summed E-state index contributed by atoms with van der Waals surface area (Å²) < 4.78 is 13.0. The average Bonchev–Trinajstić information content (AvgIpc) is 1.96. The smallest absolute Gasteiger partial charge is 0.191 e. The average molecular weight is 189 g/mol. The van der Waals surface area contributed by atoms with Crippen molar-refractivity contribution in [2.24, 2.45) is 0 Å². The molecule has 0 saturated carbocycles. The standard InChI is InChI=1S/C10H24OSi/c1-7-8-9-11-12(5,6)10(2,3)4/h7-9H2,1-6H3/i1D. The van der Waals surface area contributed by atoms with Gasteiger partial charge in [-0.3, -0.25) is 0 Å². The second-order valence-electron chi connectivity index (χ2n) is 4.82. The summed E-state index contributed by atoms with van der Waals surface area (Å²) in [5, 5.41) is 0.313. The maximum Gasteiger partial charge on any atom is 0.191 e. The fourth-order valence-electron chi connectivity index (χ4n) is 0.646. The van der Waals surface area contributed by atoms with Crippen molar-refractivity contribution in [2.45, 2.75) is 58.6 Å². The largest absolute Gasteiger partial charge is 0.417 e. The molecule has 0 unspecified atom stereocenters. The summed E-state index contributed by atoms with van der Waals surface area (Å²) in [6.45, 7) is 12.7. The van der Waals surface area contributed by atoms with Crippen molar-refractivity contribution in [3.63, 3.8) is 0 Å². The van der Waals surface area contributed by atoms with Gasteiger partial charge >= 0.3 is 0 Å². The third kappa shape index (κ3) is 3.72. The second-order valence-corrected chi connectivity index (χ2v) is 9.63. The summed E-state index contributed by atoms with van der Waals surface area (Å²) in [7, 11) is -1.52. The fraction of sp³-hybridized carbons (Fsp3) is 1.00. The topological polar surface area (TPSA) is 9.23 Å². The van der Waals surface area contributed by atoms with E-state index in [2.05, 4.69) is 33.9 Å². The maximum atomic E-state index is 7.02. The lowest BCUT2D eigenvalue weighted by Crippen LogP contribution is -2.40. The monoisotopic (exact) mass is 189 g/mol. The second kappa shape index (κ2) is 4.42. The maximum absolute atomic E-state index is 7.02. The van der Waals surface area contributed by atoms with E-state index in [1.54, 1.807) is 0 Å². The number of hydrogen-bond acceptors (Lipinski definition) is 1. The molecule has 0 N–H and O–H groups in total. The Morgan fingerprint density at radius 3 is 2.33 bits per heavy atom. The van der Waals surface area contributed by atoms with Gasteiger partial charge in [-0.15, -0.1) is 0 Å². The van der Waals surface area contributed by atoms with E-state index in [9.17, 15) is 0 Å². The molecular weight excluding hydrogens is 164 g/mol. The van der Waals surface area contributed by atoms with Gasteiger partial charge in [0.15, 0.2) is 8.32 Å². The first kappa shape index (κ1) is 10.3. The first-order chi connectivity index (χ1) is 5.81. The van der Waals surface area contributed by atoms with Crippen molar-refractivity contribution in [1.29, 1.82) is 0 Å². The van der Waals surface area contributed by atoms with E-state index in [4.69, 9.17) is 5.80 Å². The minimum atomic E-state index is -1.52. The molecule has 2 heteroatoms. The van der Waals surface area contributed by atoms with Gasteiger partial charge in [0.1, 0.15) is 0 Å². The predicted molar refractivity (Wildman–Crippen MR) is 58.1 cm³/mol. The molecule has 0 aromatic carbocycles. The summed E-state index contributed by atoms with van der Waals surface area (Å²) in [6, 6.07) is 0. The molecule has 0 spiro atoms. The minimum absolute atomic E-state index is 0.313. The zero-order chi connectivity index (χ0) is 10.5. The lowest BCUT2D eigenvalue weighted by atomic mass is 10.2. The minimum Gasteiger partial charge on any atom is -0.417 e. The van der Waals surface area contributed by atoms with Gasteiger partial charge in [0.2, 0.25) is 0 Å². The molecule has 74 valence electrons. The highest BCUT2D eigenvalue weighted by Gasteiger charge is 2.36. The quantitative estimate of drug-likeness (QED) is 0.483. The SMILES string of the molecule is [2H]CCCCO[Si](C)(C)C(C)(C)C. The molecule has 0 aliphatic heterocycles. The van der Waals surface area contributed by atoms with Crippen LogP contribution in [0.4, 0.5) is 0 Å². The predicted octanol–water partition coefficient (Wildman–Crippen LogP) is 3.81. The van der Waals surface area contributed by atoms with Crippen molar-refractivity contribution < 1.29 is 5.80 Å². The van der Waals surface area contributed by atoms with Gasteiger partial charge in [0.05, 0.1) is 0 Å². The molecule has 0 rings (SSSR count). The number of unbranched alkanes of at least 4 members (excludes halogenated alkanes) is 1. The van der Waals surface area contributed by atoms with Gasteiger partial charge in [-0.1, -0.05) is 34.1 Å². The van der Waals surface area contributed by atoms with Gasteiger partial charge in [0, 0.05) is 7.98 Å². The molecule has 0 fully saturated rings. The van der Waals surface area contributed by atoms with E-state index in [-0.39, 0.29) is 0 Å². The summed E-state index contributed by atoms with van der Waals surface area (Å²) in [5.41, 5.74) is 0. The molecule has 1 nitrogen and oxygen atoms in total. The summed E-state index contributed by atoms with van der Waals surface area (Å²) in [5.74, 6) is 0. The van der Waals surface area contributed by atoms with E-state index in [0.29, 0.717) is 11.9 Å². The van der Waals surface area contributed by atoms with Crippen molar-refractivity contribution in [2.75, 3.05) is 6.61 Å². The van der Waals surface area contributed by atoms with Crippen molar-refractivity contribution in [1.82, 2.24) is 0 Å². The van der Waals surface area contributed by atoms with Gasteiger partial charge in [-0.05, 0) is 24.6 Å². The van der Waals surface area contributed by atoms with Gasteiger partial charge in [0.25, 0.3) is 0 Å². The van der Waals surface area contributed by atoms with E-state index in [1.807, 2.05) is 0 Å². The third-order valence-corrected chi connectivity index (χ3v) is 7.20. The Labute approximate surface area is 80.0 Å². The Kier molecular flexibility index (Phi) is 3.78. The molecule has 0 heterocycles. The molecule has 0 aromatic heterocycles. The summed E-state index contributed by atoms with van der Waals surface area (Å²) >= 11 is 0. The lowest BCUT2D eigenvalue weighted by Gasteiger charge is -2.36. The van der Waals surface area contributed by atoms with Crippen LogP contribution in [0.1, 0.15) is 41.9 Å². The Bertz CT molecular complexity index is 140. The number of hydrogen-bond donors (Lipinski definition) is 0. The van der Waals surface area contributed by atoms with Gasteiger partial charge < -0.3 is 4.43 Å². The number of rotatable bonds is 4. The van der Waals surface area contributed by atoms with Crippen molar-refractivity contribution in [3.8, 4) is 0 Å². The Morgan fingerprint density at radius 1 is 1.33 bits per heavy atom. The highest BCUT2D eigenvalue weighted by Crippen LogP contribution is 2.36. The van der Waals surface area contributed by atoms with Crippen molar-refractivity contribution in [3.05, 3.63) is 0 Å². The molecular formula is C10H24OSi. The third-order valence-electron chi connectivity index (χ3n) is 2.66. The first-order valence-corrected chi connectivity index (χ1v) is 7.65. The van der Waals surface area contributed by atoms with Crippen LogP contribution < -0.4 is 0 Å². The van der Waals surface area contributed by atoms with Crippen LogP contribution in [0.5, 0.6) is 0 Å². The van der Waals surface area contributed by atoms with Crippen LogP contribution >= 0.6 is 0 Å². The molecule has 0 radical (unpaired) electrons. The highest BCUT2D eigenvalue weighted by molar-refractivity contribution is 6.74. The molecule has 0 aliphatic carbocycles. The van der Waals surface area contributed by atoms with E-state index >= 15 is 0 Å². The van der Waals surface area contributed by atoms with E-state index in [0.717, 1.165) is 19.4 Å². The molecule has 0 aliphatic rings. The molecule has 0 amide bonds. The molecule has 0 saturated heterocycles. The van der Waals surface area contributed by atoms with Crippen LogP contribution in [-0.2, 0) is 4.43 Å².